The molecule has 0 saturated heterocycles. The summed E-state index contributed by atoms with van der Waals surface area (Å²) in [6.45, 7) is 4.44. The molecule has 3 atom stereocenters. The molecule has 0 saturated carbocycles. The second-order valence-corrected chi connectivity index (χ2v) is 7.61. The first-order valence-electron chi connectivity index (χ1n) is 10.3. The summed E-state index contributed by atoms with van der Waals surface area (Å²) in [5.41, 5.74) is 2.88. The summed E-state index contributed by atoms with van der Waals surface area (Å²) in [5, 5.41) is 27.1. The molecule has 0 radical (unpaired) electrons. The van der Waals surface area contributed by atoms with Gasteiger partial charge in [0.1, 0.15) is 0 Å². The summed E-state index contributed by atoms with van der Waals surface area (Å²) >= 11 is 0. The van der Waals surface area contributed by atoms with Gasteiger partial charge < -0.3 is 15.3 Å². The third-order valence-corrected chi connectivity index (χ3v) is 5.24. The molecule has 0 bridgehead atoms. The molecule has 0 unspecified atom stereocenters. The van der Waals surface area contributed by atoms with E-state index in [2.05, 4.69) is 43.9 Å². The molecule has 4 nitrogen and oxygen atoms in total. The lowest BCUT2D eigenvalue weighted by Crippen LogP contribution is -2.37. The highest BCUT2D eigenvalue weighted by Crippen LogP contribution is 2.34. The summed E-state index contributed by atoms with van der Waals surface area (Å²) in [6.07, 6.45) is 21.8. The van der Waals surface area contributed by atoms with Crippen LogP contribution in [0.25, 0.3) is 0 Å². The van der Waals surface area contributed by atoms with Crippen molar-refractivity contribution >= 4 is 5.97 Å². The van der Waals surface area contributed by atoms with E-state index in [1.165, 1.54) is 44.6 Å². The zero-order chi connectivity index (χ0) is 20.1. The molecule has 1 aliphatic carbocycles. The van der Waals surface area contributed by atoms with E-state index in [-0.39, 0.29) is 6.42 Å². The highest BCUT2D eigenvalue weighted by Gasteiger charge is 2.31. The third kappa shape index (κ3) is 9.23. The number of aliphatic hydroxyl groups is 2. The van der Waals surface area contributed by atoms with Gasteiger partial charge in [-0.1, -0.05) is 70.3 Å². The molecule has 0 aromatic heterocycles. The largest absolute Gasteiger partial charge is 0.477 e. The lowest BCUT2D eigenvalue weighted by molar-refractivity contribution is -0.201. The quantitative estimate of drug-likeness (QED) is 0.183. The Morgan fingerprint density at radius 2 is 1.81 bits per heavy atom. The van der Waals surface area contributed by atoms with Crippen molar-refractivity contribution in [3.8, 4) is 0 Å². The number of unbranched alkanes of at least 4 members (excludes halogenated alkanes) is 6. The highest BCUT2D eigenvalue weighted by molar-refractivity contribution is 5.75. The van der Waals surface area contributed by atoms with Gasteiger partial charge in [-0.3, -0.25) is 0 Å². The van der Waals surface area contributed by atoms with Crippen LogP contribution in [0.15, 0.2) is 42.2 Å². The molecule has 3 N–H and O–H groups in total. The van der Waals surface area contributed by atoms with Crippen LogP contribution in [0.4, 0.5) is 0 Å². The number of carboxylic acids is 1. The first-order chi connectivity index (χ1) is 12.9. The van der Waals surface area contributed by atoms with Crippen LogP contribution in [0.2, 0.25) is 0 Å². The van der Waals surface area contributed by atoms with Crippen molar-refractivity contribution in [2.75, 3.05) is 0 Å². The van der Waals surface area contributed by atoms with E-state index in [0.717, 1.165) is 12.8 Å². The minimum Gasteiger partial charge on any atom is -0.477 e. The molecule has 1 rings (SSSR count). The van der Waals surface area contributed by atoms with Crippen molar-refractivity contribution in [2.45, 2.75) is 77.4 Å². The molecule has 4 heteroatoms. The van der Waals surface area contributed by atoms with Crippen LogP contribution < -0.4 is 0 Å². The Morgan fingerprint density at radius 3 is 2.52 bits per heavy atom. The molecule has 27 heavy (non-hydrogen) atoms. The number of allylic oxidation sites excluding steroid dienone is 4. The monoisotopic (exact) mass is 376 g/mol. The summed E-state index contributed by atoms with van der Waals surface area (Å²) in [4.78, 5) is 10.6. The zero-order valence-corrected chi connectivity index (χ0v) is 16.8. The average molecular weight is 377 g/mol. The van der Waals surface area contributed by atoms with Crippen LogP contribution in [0.5, 0.6) is 0 Å². The maximum atomic E-state index is 10.6. The summed E-state index contributed by atoms with van der Waals surface area (Å²) in [6, 6.07) is 0. The van der Waals surface area contributed by atoms with Gasteiger partial charge in [-0.2, -0.15) is 0 Å². The van der Waals surface area contributed by atoms with Crippen molar-refractivity contribution in [3.05, 3.63) is 42.2 Å². The molecule has 0 fully saturated rings. The van der Waals surface area contributed by atoms with E-state index in [1.807, 2.05) is 6.08 Å². The smallest absolute Gasteiger partial charge is 0.364 e. The normalized spacial score (nSPS) is 22.1. The average Bonchev–Trinajstić information content (AvgIpc) is 2.97. The van der Waals surface area contributed by atoms with Gasteiger partial charge in [-0.15, -0.1) is 5.73 Å². The molecule has 0 spiro atoms. The van der Waals surface area contributed by atoms with Crippen LogP contribution in [0, 0.1) is 17.8 Å². The Labute approximate surface area is 164 Å². The van der Waals surface area contributed by atoms with Crippen molar-refractivity contribution in [2.24, 2.45) is 17.8 Å². The van der Waals surface area contributed by atoms with Crippen LogP contribution >= 0.6 is 0 Å². The molecular formula is C23H36O4. The highest BCUT2D eigenvalue weighted by atomic mass is 16.5. The Bertz CT molecular complexity index is 553. The molecule has 0 heterocycles. The number of carboxylic acid groups (broad SMARTS) is 1. The van der Waals surface area contributed by atoms with E-state index in [9.17, 15) is 15.0 Å². The lowest BCUT2D eigenvalue weighted by Gasteiger charge is -2.18. The van der Waals surface area contributed by atoms with Gasteiger partial charge in [-0.25, -0.2) is 4.79 Å². The van der Waals surface area contributed by atoms with E-state index in [4.69, 9.17) is 5.11 Å². The topological polar surface area (TPSA) is 77.8 Å². The summed E-state index contributed by atoms with van der Waals surface area (Å²) < 4.78 is 0. The zero-order valence-electron chi connectivity index (χ0n) is 16.8. The van der Waals surface area contributed by atoms with E-state index in [1.54, 1.807) is 0 Å². The van der Waals surface area contributed by atoms with Gasteiger partial charge in [0.05, 0.1) is 0 Å². The van der Waals surface area contributed by atoms with Crippen molar-refractivity contribution in [1.82, 2.24) is 0 Å². The van der Waals surface area contributed by atoms with Crippen LogP contribution in [-0.2, 0) is 4.79 Å². The predicted octanol–water partition coefficient (Wildman–Crippen LogP) is 4.99. The number of carbonyl (C=O) groups is 1. The van der Waals surface area contributed by atoms with Gasteiger partial charge >= 0.3 is 5.97 Å². The minimum absolute atomic E-state index is 0.376. The first kappa shape index (κ1) is 23.4. The molecule has 0 aliphatic heterocycles. The van der Waals surface area contributed by atoms with Gasteiger partial charge in [0.25, 0.3) is 5.79 Å². The molecule has 0 aromatic rings. The van der Waals surface area contributed by atoms with E-state index in [0.29, 0.717) is 17.8 Å². The lowest BCUT2D eigenvalue weighted by atomic mass is 9.86. The Morgan fingerprint density at radius 1 is 1.11 bits per heavy atom. The Balaban J connectivity index is 2.37. The maximum Gasteiger partial charge on any atom is 0.364 e. The Kier molecular flexibility index (Phi) is 11.0. The van der Waals surface area contributed by atoms with Crippen molar-refractivity contribution in [1.29, 1.82) is 0 Å². The SMILES string of the molecule is CCCCCCCCC=C[C@H]1C=C[C@H](C)[C@H]1CC=C=CCC(O)(O)C(=O)O. The van der Waals surface area contributed by atoms with Crippen molar-refractivity contribution in [3.63, 3.8) is 0 Å². The fourth-order valence-electron chi connectivity index (χ4n) is 3.39. The molecular weight excluding hydrogens is 340 g/mol. The van der Waals surface area contributed by atoms with Gasteiger partial charge in [0.2, 0.25) is 0 Å². The van der Waals surface area contributed by atoms with Crippen molar-refractivity contribution < 1.29 is 20.1 Å². The Hall–Kier alpha value is -1.61. The van der Waals surface area contributed by atoms with Gasteiger partial charge in [-0.05, 0) is 49.2 Å². The molecule has 152 valence electrons. The summed E-state index contributed by atoms with van der Waals surface area (Å²) in [7, 11) is 0. The standard InChI is InChI=1S/C23H36O4/c1-3-4-5-6-7-8-9-11-14-20-17-16-19(2)21(20)15-12-10-13-18-23(26,27)22(24)25/h11-14,16-17,19-21,26-27H,3-9,15,18H2,1-2H3,(H,24,25)/t10?,19-,20-,21+/m0/s1. The van der Waals surface area contributed by atoms with Crippen LogP contribution in [0.3, 0.4) is 0 Å². The molecule has 0 amide bonds. The third-order valence-electron chi connectivity index (χ3n) is 5.24. The molecule has 1 aliphatic rings. The predicted molar refractivity (Wildman–Crippen MR) is 109 cm³/mol. The second-order valence-electron chi connectivity index (χ2n) is 7.61. The molecule has 0 aromatic carbocycles. The van der Waals surface area contributed by atoms with Gasteiger partial charge in [0, 0.05) is 6.42 Å². The number of hydrogen-bond donors (Lipinski definition) is 3. The fraction of sp³-hybridized carbons (Fsp3) is 0.652. The fourth-order valence-corrected chi connectivity index (χ4v) is 3.39. The van der Waals surface area contributed by atoms with Crippen LogP contribution in [-0.4, -0.2) is 27.1 Å². The number of hydrogen-bond acceptors (Lipinski definition) is 3. The number of rotatable bonds is 13. The van der Waals surface area contributed by atoms with E-state index < -0.39 is 11.8 Å². The first-order valence-corrected chi connectivity index (χ1v) is 10.3. The second kappa shape index (κ2) is 12.7. The number of aliphatic carboxylic acids is 1. The van der Waals surface area contributed by atoms with E-state index >= 15 is 0 Å². The maximum absolute atomic E-state index is 10.6. The van der Waals surface area contributed by atoms with Gasteiger partial charge in [0.15, 0.2) is 0 Å². The minimum atomic E-state index is -2.72. The summed E-state index contributed by atoms with van der Waals surface area (Å²) in [5.74, 6) is -2.98. The van der Waals surface area contributed by atoms with Crippen LogP contribution in [0.1, 0.15) is 71.6 Å².